The topological polar surface area (TPSA) is 72.6 Å². The first-order chi connectivity index (χ1) is 7.66. The van der Waals surface area contributed by atoms with Crippen LogP contribution in [0.15, 0.2) is 22.5 Å². The molecule has 0 amide bonds. The Labute approximate surface area is 96.5 Å². The molecule has 1 aliphatic rings. The lowest BCUT2D eigenvalue weighted by Crippen LogP contribution is -2.13. The number of rotatable bonds is 4. The number of ether oxygens (including phenoxy) is 1. The Bertz CT molecular complexity index is 412. The second-order valence-electron chi connectivity index (χ2n) is 3.40. The van der Waals surface area contributed by atoms with Crippen molar-refractivity contribution < 1.29 is 19.1 Å². The molecule has 0 aromatic carbocycles. The summed E-state index contributed by atoms with van der Waals surface area (Å²) in [5, 5.41) is 8.51. The van der Waals surface area contributed by atoms with Crippen LogP contribution in [0.25, 0.3) is 4.91 Å². The maximum Gasteiger partial charge on any atom is 0.329 e. The van der Waals surface area contributed by atoms with Crippen LogP contribution in [0.1, 0.15) is 19.2 Å². The molecule has 1 atom stereocenters. The van der Waals surface area contributed by atoms with Gasteiger partial charge in [-0.25, -0.2) is 9.78 Å². The number of hydrogen-bond acceptors (Lipinski definition) is 5. The Kier molecular flexibility index (Phi) is 3.31. The number of hydrogen-bond donors (Lipinski definition) is 1. The number of carbonyl (C=O) groups is 1. The van der Waals surface area contributed by atoms with Gasteiger partial charge in [-0.05, 0) is 6.92 Å². The van der Waals surface area contributed by atoms with Crippen LogP contribution in [-0.4, -0.2) is 28.1 Å². The molecule has 0 bridgehead atoms. The van der Waals surface area contributed by atoms with E-state index in [1.807, 2.05) is 6.92 Å². The highest BCUT2D eigenvalue weighted by atomic mass is 32.2. The van der Waals surface area contributed by atoms with E-state index in [1.165, 1.54) is 18.0 Å². The van der Waals surface area contributed by atoms with Crippen molar-refractivity contribution in [3.8, 4) is 0 Å². The first kappa shape index (κ1) is 11.2. The molecule has 1 aliphatic heterocycles. The molecule has 0 saturated heterocycles. The Morgan fingerprint density at radius 1 is 1.81 bits per heavy atom. The van der Waals surface area contributed by atoms with Crippen molar-refractivity contribution in [2.24, 2.45) is 0 Å². The number of nitrogens with zero attached hydrogens (tertiary/aromatic N) is 1. The first-order valence-electron chi connectivity index (χ1n) is 4.76. The van der Waals surface area contributed by atoms with Gasteiger partial charge in [-0.15, -0.1) is 0 Å². The van der Waals surface area contributed by atoms with Gasteiger partial charge in [-0.2, -0.15) is 0 Å². The van der Waals surface area contributed by atoms with E-state index < -0.39 is 5.97 Å². The minimum Gasteiger partial charge on any atom is -0.480 e. The van der Waals surface area contributed by atoms with Crippen molar-refractivity contribution in [2.75, 3.05) is 6.61 Å². The van der Waals surface area contributed by atoms with Crippen molar-refractivity contribution >= 4 is 22.6 Å². The average molecular weight is 241 g/mol. The molecule has 1 aromatic heterocycles. The summed E-state index contributed by atoms with van der Waals surface area (Å²) in [6.45, 7) is 1.69. The lowest BCUT2D eigenvalue weighted by molar-refractivity contribution is -0.142. The Hall–Kier alpha value is -1.27. The fraction of sp³-hybridized carbons (Fsp3) is 0.400. The van der Waals surface area contributed by atoms with Crippen LogP contribution in [0, 0.1) is 0 Å². The van der Waals surface area contributed by atoms with Gasteiger partial charge in [0.2, 0.25) is 5.89 Å². The van der Waals surface area contributed by atoms with Gasteiger partial charge in [0.15, 0.2) is 0 Å². The summed E-state index contributed by atoms with van der Waals surface area (Å²) < 4.78 is 10.4. The van der Waals surface area contributed by atoms with E-state index in [0.29, 0.717) is 12.3 Å². The Morgan fingerprint density at radius 3 is 3.25 bits per heavy atom. The van der Waals surface area contributed by atoms with E-state index in [4.69, 9.17) is 14.3 Å². The zero-order chi connectivity index (χ0) is 11.5. The van der Waals surface area contributed by atoms with Gasteiger partial charge < -0.3 is 14.3 Å². The summed E-state index contributed by atoms with van der Waals surface area (Å²) in [6, 6.07) is 0. The monoisotopic (exact) mass is 241 g/mol. The van der Waals surface area contributed by atoms with Crippen molar-refractivity contribution in [3.05, 3.63) is 23.9 Å². The Morgan fingerprint density at radius 2 is 2.62 bits per heavy atom. The quantitative estimate of drug-likeness (QED) is 0.868. The SMILES string of the molecule is CC1=C(c2ncco2)SC(OCC(=O)O)C1. The third kappa shape index (κ3) is 2.45. The number of oxazole rings is 1. The molecule has 0 spiro atoms. The van der Waals surface area contributed by atoms with E-state index in [9.17, 15) is 4.79 Å². The molecule has 6 heteroatoms. The molecule has 5 nitrogen and oxygen atoms in total. The van der Waals surface area contributed by atoms with Gasteiger partial charge >= 0.3 is 5.97 Å². The predicted octanol–water partition coefficient (Wildman–Crippen LogP) is 1.97. The molecule has 0 radical (unpaired) electrons. The minimum absolute atomic E-state index is 0.155. The molecule has 1 unspecified atom stereocenters. The van der Waals surface area contributed by atoms with Gasteiger partial charge in [0.25, 0.3) is 0 Å². The van der Waals surface area contributed by atoms with Gasteiger partial charge in [-0.1, -0.05) is 17.3 Å². The smallest absolute Gasteiger partial charge is 0.329 e. The van der Waals surface area contributed by atoms with Gasteiger partial charge in [-0.3, -0.25) is 0 Å². The number of aliphatic carboxylic acids is 1. The molecule has 1 N–H and O–H groups in total. The summed E-state index contributed by atoms with van der Waals surface area (Å²) in [6.07, 6.45) is 3.80. The molecule has 0 aliphatic carbocycles. The third-order valence-electron chi connectivity index (χ3n) is 2.13. The van der Waals surface area contributed by atoms with Gasteiger partial charge in [0.05, 0.1) is 11.1 Å². The van der Waals surface area contributed by atoms with Crippen LogP contribution in [0.3, 0.4) is 0 Å². The zero-order valence-corrected chi connectivity index (χ0v) is 9.49. The van der Waals surface area contributed by atoms with Crippen LogP contribution in [0.2, 0.25) is 0 Å². The van der Waals surface area contributed by atoms with Crippen LogP contribution in [0.5, 0.6) is 0 Å². The molecular weight excluding hydrogens is 230 g/mol. The number of carboxylic acid groups (broad SMARTS) is 1. The van der Waals surface area contributed by atoms with Crippen LogP contribution in [0.4, 0.5) is 0 Å². The van der Waals surface area contributed by atoms with E-state index in [-0.39, 0.29) is 12.0 Å². The normalized spacial score (nSPS) is 20.4. The van der Waals surface area contributed by atoms with E-state index in [0.717, 1.165) is 10.5 Å². The second kappa shape index (κ2) is 4.71. The third-order valence-corrected chi connectivity index (χ3v) is 3.45. The highest BCUT2D eigenvalue weighted by molar-refractivity contribution is 8.09. The summed E-state index contributed by atoms with van der Waals surface area (Å²) >= 11 is 1.46. The molecule has 86 valence electrons. The fourth-order valence-electron chi connectivity index (χ4n) is 1.44. The van der Waals surface area contributed by atoms with E-state index in [1.54, 1.807) is 6.20 Å². The fourth-order valence-corrected chi connectivity index (χ4v) is 2.66. The zero-order valence-electron chi connectivity index (χ0n) is 8.67. The summed E-state index contributed by atoms with van der Waals surface area (Å²) in [7, 11) is 0. The highest BCUT2D eigenvalue weighted by Gasteiger charge is 2.27. The van der Waals surface area contributed by atoms with Crippen LogP contribution >= 0.6 is 11.8 Å². The van der Waals surface area contributed by atoms with Crippen LogP contribution in [-0.2, 0) is 9.53 Å². The lowest BCUT2D eigenvalue weighted by atomic mass is 10.2. The van der Waals surface area contributed by atoms with Crippen molar-refractivity contribution in [1.82, 2.24) is 4.98 Å². The summed E-state index contributed by atoms with van der Waals surface area (Å²) in [5.74, 6) is -0.383. The lowest BCUT2D eigenvalue weighted by Gasteiger charge is -2.08. The maximum atomic E-state index is 10.4. The molecule has 0 saturated carbocycles. The average Bonchev–Trinajstić information content (AvgIpc) is 2.83. The standard InChI is InChI=1S/C10H11NO4S/c1-6-4-8(15-5-7(12)13)16-9(6)10-11-2-3-14-10/h2-3,8H,4-5H2,1H3,(H,12,13). The molecule has 16 heavy (non-hydrogen) atoms. The minimum atomic E-state index is -0.956. The number of carboxylic acids is 1. The second-order valence-corrected chi connectivity index (χ2v) is 4.57. The highest BCUT2D eigenvalue weighted by Crippen LogP contribution is 2.43. The molecule has 2 heterocycles. The molecule has 0 fully saturated rings. The largest absolute Gasteiger partial charge is 0.480 e. The molecule has 1 aromatic rings. The van der Waals surface area contributed by atoms with E-state index >= 15 is 0 Å². The van der Waals surface area contributed by atoms with Crippen molar-refractivity contribution in [3.63, 3.8) is 0 Å². The van der Waals surface area contributed by atoms with Crippen molar-refractivity contribution in [2.45, 2.75) is 18.8 Å². The number of thioether (sulfide) groups is 1. The molecule has 2 rings (SSSR count). The molecular formula is C10H11NO4S. The number of aromatic nitrogens is 1. The Balaban J connectivity index is 1.97. The summed E-state index contributed by atoms with van der Waals surface area (Å²) in [5.41, 5.74) is 0.959. The van der Waals surface area contributed by atoms with Crippen LogP contribution < -0.4 is 0 Å². The van der Waals surface area contributed by atoms with Gasteiger partial charge in [0.1, 0.15) is 18.3 Å². The first-order valence-corrected chi connectivity index (χ1v) is 5.64. The van der Waals surface area contributed by atoms with Crippen molar-refractivity contribution in [1.29, 1.82) is 0 Å². The van der Waals surface area contributed by atoms with E-state index in [2.05, 4.69) is 4.98 Å². The summed E-state index contributed by atoms with van der Waals surface area (Å²) in [4.78, 5) is 15.4. The predicted molar refractivity (Wildman–Crippen MR) is 58.7 cm³/mol. The maximum absolute atomic E-state index is 10.4. The van der Waals surface area contributed by atoms with Gasteiger partial charge in [0, 0.05) is 6.42 Å².